The highest BCUT2D eigenvalue weighted by atomic mass is 16.7. The quantitative estimate of drug-likeness (QED) is 0.549. The summed E-state index contributed by atoms with van der Waals surface area (Å²) in [6.07, 6.45) is 1.21. The summed E-state index contributed by atoms with van der Waals surface area (Å²) in [7, 11) is 3.44. The van der Waals surface area contributed by atoms with Gasteiger partial charge in [0.1, 0.15) is 0 Å². The Kier molecular flexibility index (Phi) is 2.02. The van der Waals surface area contributed by atoms with Gasteiger partial charge < -0.3 is 9.47 Å². The first kappa shape index (κ1) is 8.02. The van der Waals surface area contributed by atoms with Crippen molar-refractivity contribution in [3.63, 3.8) is 0 Å². The minimum Gasteiger partial charge on any atom is -0.353 e. The topological polar surface area (TPSA) is 18.5 Å². The molecule has 0 N–H and O–H groups in total. The first-order valence-electron chi connectivity index (χ1n) is 3.77. The second-order valence-corrected chi connectivity index (χ2v) is 3.17. The molecule has 2 nitrogen and oxygen atoms in total. The van der Waals surface area contributed by atoms with Gasteiger partial charge in [-0.3, -0.25) is 0 Å². The molecule has 1 aliphatic carbocycles. The van der Waals surface area contributed by atoms with Crippen LogP contribution in [0.25, 0.3) is 0 Å². The van der Waals surface area contributed by atoms with E-state index < -0.39 is 0 Å². The fourth-order valence-electron chi connectivity index (χ4n) is 2.07. The zero-order valence-corrected chi connectivity index (χ0v) is 7.18. The van der Waals surface area contributed by atoms with Gasteiger partial charge in [-0.05, 0) is 6.42 Å². The molecule has 2 atom stereocenters. The van der Waals surface area contributed by atoms with Crippen LogP contribution in [-0.4, -0.2) is 20.0 Å². The molecule has 0 aromatic heterocycles. The Morgan fingerprint density at radius 3 is 1.60 bits per heavy atom. The number of ether oxygens (including phenoxy) is 2. The molecule has 2 unspecified atom stereocenters. The Morgan fingerprint density at radius 2 is 1.50 bits per heavy atom. The molecule has 1 saturated carbocycles. The maximum atomic E-state index is 5.33. The van der Waals surface area contributed by atoms with Crippen LogP contribution in [0.1, 0.15) is 20.3 Å². The number of rotatable bonds is 2. The van der Waals surface area contributed by atoms with E-state index in [9.17, 15) is 0 Å². The molecular weight excluding hydrogens is 128 g/mol. The molecule has 0 radical (unpaired) electrons. The molecule has 2 heteroatoms. The fourth-order valence-corrected chi connectivity index (χ4v) is 2.07. The lowest BCUT2D eigenvalue weighted by atomic mass is 9.70. The standard InChI is InChI=1S/C8H16O2/c1-6-5-7(2)8(6,9-3)10-4/h6-7H,5H2,1-4H3. The molecule has 1 aliphatic rings. The maximum absolute atomic E-state index is 5.33. The Morgan fingerprint density at radius 1 is 1.10 bits per heavy atom. The van der Waals surface area contributed by atoms with Crippen molar-refractivity contribution in [2.75, 3.05) is 14.2 Å². The molecule has 0 amide bonds. The normalized spacial score (nSPS) is 37.2. The van der Waals surface area contributed by atoms with Gasteiger partial charge in [0.15, 0.2) is 5.79 Å². The van der Waals surface area contributed by atoms with Crippen LogP contribution in [0.5, 0.6) is 0 Å². The first-order chi connectivity index (χ1) is 4.67. The van der Waals surface area contributed by atoms with E-state index in [0.29, 0.717) is 11.8 Å². The molecule has 1 fully saturated rings. The largest absolute Gasteiger partial charge is 0.353 e. The number of hydrogen-bond acceptors (Lipinski definition) is 2. The van der Waals surface area contributed by atoms with Crippen molar-refractivity contribution in [2.45, 2.75) is 26.1 Å². The lowest BCUT2D eigenvalue weighted by molar-refractivity contribution is -0.315. The van der Waals surface area contributed by atoms with Crippen LogP contribution < -0.4 is 0 Å². The van der Waals surface area contributed by atoms with Crippen LogP contribution in [0.3, 0.4) is 0 Å². The Bertz CT molecular complexity index is 108. The summed E-state index contributed by atoms with van der Waals surface area (Å²) < 4.78 is 10.7. The zero-order chi connectivity index (χ0) is 7.78. The summed E-state index contributed by atoms with van der Waals surface area (Å²) in [6.45, 7) is 4.32. The SMILES string of the molecule is COC1(OC)C(C)CC1C. The van der Waals surface area contributed by atoms with Crippen LogP contribution in [0, 0.1) is 11.8 Å². The smallest absolute Gasteiger partial charge is 0.172 e. The van der Waals surface area contributed by atoms with Crippen molar-refractivity contribution in [1.29, 1.82) is 0 Å². The summed E-state index contributed by atoms with van der Waals surface area (Å²) in [5, 5.41) is 0. The molecular formula is C8H16O2. The predicted octanol–water partition coefficient (Wildman–Crippen LogP) is 1.65. The van der Waals surface area contributed by atoms with Gasteiger partial charge in [-0.15, -0.1) is 0 Å². The van der Waals surface area contributed by atoms with Gasteiger partial charge in [-0.2, -0.15) is 0 Å². The molecule has 0 aromatic carbocycles. The van der Waals surface area contributed by atoms with E-state index in [0.717, 1.165) is 0 Å². The fraction of sp³-hybridized carbons (Fsp3) is 1.00. The molecule has 1 rings (SSSR count). The molecule has 60 valence electrons. The summed E-state index contributed by atoms with van der Waals surface area (Å²) in [5.41, 5.74) is 0. The minimum atomic E-state index is -0.278. The average Bonchev–Trinajstić information content (AvgIpc) is 1.91. The highest BCUT2D eigenvalue weighted by Crippen LogP contribution is 2.46. The molecule has 0 aromatic rings. The van der Waals surface area contributed by atoms with E-state index >= 15 is 0 Å². The Balaban J connectivity index is 2.61. The van der Waals surface area contributed by atoms with Crippen molar-refractivity contribution in [3.8, 4) is 0 Å². The lowest BCUT2D eigenvalue weighted by Gasteiger charge is -2.50. The molecule has 10 heavy (non-hydrogen) atoms. The first-order valence-corrected chi connectivity index (χ1v) is 3.77. The molecule has 0 aliphatic heterocycles. The van der Waals surface area contributed by atoms with Gasteiger partial charge in [0.05, 0.1) is 0 Å². The van der Waals surface area contributed by atoms with Gasteiger partial charge in [0.2, 0.25) is 0 Å². The third-order valence-electron chi connectivity index (χ3n) is 2.72. The van der Waals surface area contributed by atoms with Gasteiger partial charge in [-0.1, -0.05) is 13.8 Å². The van der Waals surface area contributed by atoms with Crippen LogP contribution >= 0.6 is 0 Å². The van der Waals surface area contributed by atoms with E-state index in [1.165, 1.54) is 6.42 Å². The summed E-state index contributed by atoms with van der Waals surface area (Å²) in [5.74, 6) is 0.801. The highest BCUT2D eigenvalue weighted by Gasteiger charge is 2.51. The van der Waals surface area contributed by atoms with Crippen LogP contribution in [0.4, 0.5) is 0 Å². The van der Waals surface area contributed by atoms with Crippen molar-refractivity contribution in [3.05, 3.63) is 0 Å². The predicted molar refractivity (Wildman–Crippen MR) is 39.7 cm³/mol. The zero-order valence-electron chi connectivity index (χ0n) is 7.18. The summed E-state index contributed by atoms with van der Waals surface area (Å²) in [6, 6.07) is 0. The highest BCUT2D eigenvalue weighted by molar-refractivity contribution is 4.93. The second kappa shape index (κ2) is 2.51. The maximum Gasteiger partial charge on any atom is 0.172 e. The number of methoxy groups -OCH3 is 2. The monoisotopic (exact) mass is 144 g/mol. The van der Waals surface area contributed by atoms with Crippen molar-refractivity contribution in [2.24, 2.45) is 11.8 Å². The van der Waals surface area contributed by atoms with Gasteiger partial charge >= 0.3 is 0 Å². The van der Waals surface area contributed by atoms with Crippen molar-refractivity contribution >= 4 is 0 Å². The Hall–Kier alpha value is -0.0800. The van der Waals surface area contributed by atoms with E-state index in [2.05, 4.69) is 13.8 Å². The summed E-state index contributed by atoms with van der Waals surface area (Å²) >= 11 is 0. The molecule has 0 heterocycles. The minimum absolute atomic E-state index is 0.278. The van der Waals surface area contributed by atoms with Crippen LogP contribution in [-0.2, 0) is 9.47 Å². The lowest BCUT2D eigenvalue weighted by Crippen LogP contribution is -2.56. The van der Waals surface area contributed by atoms with E-state index in [-0.39, 0.29) is 5.79 Å². The summed E-state index contributed by atoms with van der Waals surface area (Å²) in [4.78, 5) is 0. The van der Waals surface area contributed by atoms with Crippen LogP contribution in [0.15, 0.2) is 0 Å². The van der Waals surface area contributed by atoms with Crippen molar-refractivity contribution in [1.82, 2.24) is 0 Å². The van der Waals surface area contributed by atoms with E-state index in [4.69, 9.17) is 9.47 Å². The van der Waals surface area contributed by atoms with Crippen molar-refractivity contribution < 1.29 is 9.47 Å². The van der Waals surface area contributed by atoms with E-state index in [1.54, 1.807) is 14.2 Å². The molecule has 0 saturated heterocycles. The molecule has 0 spiro atoms. The molecule has 0 bridgehead atoms. The van der Waals surface area contributed by atoms with Gasteiger partial charge in [0, 0.05) is 26.1 Å². The third-order valence-corrected chi connectivity index (χ3v) is 2.72. The third kappa shape index (κ3) is 0.789. The van der Waals surface area contributed by atoms with E-state index in [1.807, 2.05) is 0 Å². The van der Waals surface area contributed by atoms with Gasteiger partial charge in [-0.25, -0.2) is 0 Å². The average molecular weight is 144 g/mol. The van der Waals surface area contributed by atoms with Crippen LogP contribution in [0.2, 0.25) is 0 Å². The van der Waals surface area contributed by atoms with Gasteiger partial charge in [0.25, 0.3) is 0 Å². The number of hydrogen-bond donors (Lipinski definition) is 0. The Labute approximate surface area is 62.5 Å². The second-order valence-electron chi connectivity index (χ2n) is 3.17.